The van der Waals surface area contributed by atoms with Gasteiger partial charge in [0.15, 0.2) is 0 Å². The van der Waals surface area contributed by atoms with Crippen LogP contribution in [0.4, 0.5) is 0 Å². The summed E-state index contributed by atoms with van der Waals surface area (Å²) in [7, 11) is 0. The van der Waals surface area contributed by atoms with Gasteiger partial charge in [-0.3, -0.25) is 0 Å². The molecule has 1 nitrogen and oxygen atoms in total. The Hall–Kier alpha value is -0.0900. The molecule has 1 saturated carbocycles. The lowest BCUT2D eigenvalue weighted by molar-refractivity contribution is 0.277. The molecule has 0 aromatic heterocycles. The minimum absolute atomic E-state index is 0.247. The van der Waals surface area contributed by atoms with Crippen molar-refractivity contribution in [3.05, 3.63) is 33.4 Å². The van der Waals surface area contributed by atoms with Crippen molar-refractivity contribution < 1.29 is 0 Å². The summed E-state index contributed by atoms with van der Waals surface area (Å²) in [5.74, 6) is 0.893. The SMILES string of the molecule is NC(CC1CCC1)c1ccc(I)cc1. The van der Waals surface area contributed by atoms with Crippen LogP contribution in [0.1, 0.15) is 37.3 Å². The van der Waals surface area contributed by atoms with E-state index in [1.807, 2.05) is 0 Å². The van der Waals surface area contributed by atoms with Crippen LogP contribution in [0.25, 0.3) is 0 Å². The minimum Gasteiger partial charge on any atom is -0.324 e. The Bertz CT molecular complexity index is 290. The molecule has 0 amide bonds. The monoisotopic (exact) mass is 301 g/mol. The van der Waals surface area contributed by atoms with Crippen molar-refractivity contribution in [3.8, 4) is 0 Å². The van der Waals surface area contributed by atoms with Gasteiger partial charge in [-0.15, -0.1) is 0 Å². The van der Waals surface area contributed by atoms with Crippen molar-refractivity contribution in [2.75, 3.05) is 0 Å². The van der Waals surface area contributed by atoms with Crippen molar-refractivity contribution in [2.24, 2.45) is 11.7 Å². The highest BCUT2D eigenvalue weighted by Crippen LogP contribution is 2.33. The molecule has 0 radical (unpaired) electrons. The van der Waals surface area contributed by atoms with E-state index < -0.39 is 0 Å². The van der Waals surface area contributed by atoms with Crippen molar-refractivity contribution in [3.63, 3.8) is 0 Å². The first-order valence-corrected chi connectivity index (χ1v) is 6.34. The second-order valence-corrected chi connectivity index (χ2v) is 5.44. The van der Waals surface area contributed by atoms with Crippen LogP contribution in [-0.2, 0) is 0 Å². The third kappa shape index (κ3) is 2.48. The molecule has 1 aliphatic rings. The molecule has 1 atom stereocenters. The molecule has 2 rings (SSSR count). The van der Waals surface area contributed by atoms with Gasteiger partial charge in [0.2, 0.25) is 0 Å². The maximum absolute atomic E-state index is 6.15. The van der Waals surface area contributed by atoms with E-state index in [0.717, 1.165) is 5.92 Å². The summed E-state index contributed by atoms with van der Waals surface area (Å²) in [6.45, 7) is 0. The summed E-state index contributed by atoms with van der Waals surface area (Å²) in [5.41, 5.74) is 7.44. The van der Waals surface area contributed by atoms with Crippen LogP contribution in [0, 0.1) is 9.49 Å². The fourth-order valence-electron chi connectivity index (χ4n) is 1.93. The zero-order valence-corrected chi connectivity index (χ0v) is 10.4. The highest BCUT2D eigenvalue weighted by atomic mass is 127. The summed E-state index contributed by atoms with van der Waals surface area (Å²) in [6, 6.07) is 8.83. The second kappa shape index (κ2) is 4.62. The predicted octanol–water partition coefficient (Wildman–Crippen LogP) is 3.48. The number of nitrogens with two attached hydrogens (primary N) is 1. The summed E-state index contributed by atoms with van der Waals surface area (Å²) in [6.07, 6.45) is 5.35. The van der Waals surface area contributed by atoms with E-state index in [0.29, 0.717) is 0 Å². The molecule has 2 N–H and O–H groups in total. The van der Waals surface area contributed by atoms with E-state index in [-0.39, 0.29) is 6.04 Å². The van der Waals surface area contributed by atoms with Crippen LogP contribution in [0.5, 0.6) is 0 Å². The molecule has 0 aliphatic heterocycles. The van der Waals surface area contributed by atoms with Gasteiger partial charge in [-0.05, 0) is 52.6 Å². The molecule has 14 heavy (non-hydrogen) atoms. The zero-order chi connectivity index (χ0) is 9.97. The predicted molar refractivity (Wildman–Crippen MR) is 68.0 cm³/mol. The summed E-state index contributed by atoms with van der Waals surface area (Å²) in [5, 5.41) is 0. The van der Waals surface area contributed by atoms with E-state index in [1.54, 1.807) is 0 Å². The van der Waals surface area contributed by atoms with Gasteiger partial charge in [0, 0.05) is 9.61 Å². The Morgan fingerprint density at radius 3 is 2.43 bits per heavy atom. The zero-order valence-electron chi connectivity index (χ0n) is 8.25. The van der Waals surface area contributed by atoms with Crippen LogP contribution in [-0.4, -0.2) is 0 Å². The standard InChI is InChI=1S/C12H16IN/c13-11-6-4-10(5-7-11)12(14)8-9-2-1-3-9/h4-7,9,12H,1-3,8,14H2. The first-order chi connectivity index (χ1) is 6.75. The third-order valence-electron chi connectivity index (χ3n) is 3.11. The molecule has 2 heteroatoms. The van der Waals surface area contributed by atoms with Gasteiger partial charge >= 0.3 is 0 Å². The lowest BCUT2D eigenvalue weighted by Gasteiger charge is -2.28. The van der Waals surface area contributed by atoms with Crippen molar-refractivity contribution in [2.45, 2.75) is 31.7 Å². The quantitative estimate of drug-likeness (QED) is 0.850. The fraction of sp³-hybridized carbons (Fsp3) is 0.500. The number of hydrogen-bond donors (Lipinski definition) is 1. The first kappa shape index (κ1) is 10.4. The molecule has 0 bridgehead atoms. The second-order valence-electron chi connectivity index (χ2n) is 4.19. The van der Waals surface area contributed by atoms with Gasteiger partial charge in [-0.1, -0.05) is 31.4 Å². The van der Waals surface area contributed by atoms with Gasteiger partial charge < -0.3 is 5.73 Å². The molecule has 1 aromatic carbocycles. The lowest BCUT2D eigenvalue weighted by atomic mass is 9.80. The molecule has 1 unspecified atom stereocenters. The fourth-order valence-corrected chi connectivity index (χ4v) is 2.29. The Labute approximate surface area is 99.2 Å². The Balaban J connectivity index is 1.95. The molecular weight excluding hydrogens is 285 g/mol. The number of hydrogen-bond acceptors (Lipinski definition) is 1. The highest BCUT2D eigenvalue weighted by Gasteiger charge is 2.20. The Morgan fingerprint density at radius 2 is 1.93 bits per heavy atom. The molecule has 0 spiro atoms. The molecule has 76 valence electrons. The molecule has 0 heterocycles. The molecule has 1 fully saturated rings. The van der Waals surface area contributed by atoms with E-state index in [4.69, 9.17) is 5.73 Å². The van der Waals surface area contributed by atoms with Crippen LogP contribution in [0.15, 0.2) is 24.3 Å². The van der Waals surface area contributed by atoms with Crippen LogP contribution < -0.4 is 5.73 Å². The molecule has 1 aliphatic carbocycles. The van der Waals surface area contributed by atoms with Crippen molar-refractivity contribution in [1.82, 2.24) is 0 Å². The summed E-state index contributed by atoms with van der Waals surface area (Å²) in [4.78, 5) is 0. The van der Waals surface area contributed by atoms with E-state index in [1.165, 1.54) is 34.8 Å². The number of benzene rings is 1. The Kier molecular flexibility index (Phi) is 3.44. The van der Waals surface area contributed by atoms with E-state index in [2.05, 4.69) is 46.9 Å². The highest BCUT2D eigenvalue weighted by molar-refractivity contribution is 14.1. The average molecular weight is 301 g/mol. The number of halogens is 1. The van der Waals surface area contributed by atoms with Crippen LogP contribution >= 0.6 is 22.6 Å². The van der Waals surface area contributed by atoms with Gasteiger partial charge in [0.25, 0.3) is 0 Å². The normalized spacial score (nSPS) is 19.0. The van der Waals surface area contributed by atoms with Crippen LogP contribution in [0.2, 0.25) is 0 Å². The maximum Gasteiger partial charge on any atom is 0.0297 e. The smallest absolute Gasteiger partial charge is 0.0297 e. The van der Waals surface area contributed by atoms with Gasteiger partial charge in [0.1, 0.15) is 0 Å². The third-order valence-corrected chi connectivity index (χ3v) is 3.83. The van der Waals surface area contributed by atoms with Gasteiger partial charge in [0.05, 0.1) is 0 Å². The minimum atomic E-state index is 0.247. The topological polar surface area (TPSA) is 26.0 Å². The van der Waals surface area contributed by atoms with Gasteiger partial charge in [-0.2, -0.15) is 0 Å². The van der Waals surface area contributed by atoms with Gasteiger partial charge in [-0.25, -0.2) is 0 Å². The van der Waals surface area contributed by atoms with Crippen molar-refractivity contribution in [1.29, 1.82) is 0 Å². The maximum atomic E-state index is 6.15. The molecule has 1 aromatic rings. The molecule has 0 saturated heterocycles. The first-order valence-electron chi connectivity index (χ1n) is 5.27. The summed E-state index contributed by atoms with van der Waals surface area (Å²) < 4.78 is 1.28. The molecular formula is C12H16IN. The van der Waals surface area contributed by atoms with Crippen LogP contribution in [0.3, 0.4) is 0 Å². The van der Waals surface area contributed by atoms with E-state index >= 15 is 0 Å². The lowest BCUT2D eigenvalue weighted by Crippen LogP contribution is -2.19. The number of rotatable bonds is 3. The largest absolute Gasteiger partial charge is 0.324 e. The van der Waals surface area contributed by atoms with E-state index in [9.17, 15) is 0 Å². The van der Waals surface area contributed by atoms with Crippen molar-refractivity contribution >= 4 is 22.6 Å². The summed E-state index contributed by atoms with van der Waals surface area (Å²) >= 11 is 2.32. The Morgan fingerprint density at radius 1 is 1.29 bits per heavy atom. The average Bonchev–Trinajstić information content (AvgIpc) is 2.12.